The van der Waals surface area contributed by atoms with E-state index in [2.05, 4.69) is 5.32 Å². The van der Waals surface area contributed by atoms with Gasteiger partial charge in [0.05, 0.1) is 7.11 Å². The standard InChI is InChI=1S/C14H15NO3/c1-18-14(17)11-7-8-15-13(16)12(11)9-10-5-3-2-4-6-10/h2-6H,7-9H2,1H3,(H,15,16). The second kappa shape index (κ2) is 5.49. The predicted molar refractivity (Wildman–Crippen MR) is 66.8 cm³/mol. The van der Waals surface area contributed by atoms with Crippen LogP contribution in [0.5, 0.6) is 0 Å². The van der Waals surface area contributed by atoms with Crippen molar-refractivity contribution in [3.8, 4) is 0 Å². The molecule has 0 fully saturated rings. The average molecular weight is 245 g/mol. The van der Waals surface area contributed by atoms with E-state index in [1.807, 2.05) is 30.3 Å². The highest BCUT2D eigenvalue weighted by atomic mass is 16.5. The molecule has 0 saturated carbocycles. The summed E-state index contributed by atoms with van der Waals surface area (Å²) in [7, 11) is 1.34. The molecule has 0 bridgehead atoms. The van der Waals surface area contributed by atoms with Gasteiger partial charge in [-0.05, 0) is 12.0 Å². The molecule has 1 N–H and O–H groups in total. The maximum Gasteiger partial charge on any atom is 0.334 e. The maximum atomic E-state index is 11.9. The van der Waals surface area contributed by atoms with E-state index in [0.29, 0.717) is 30.5 Å². The van der Waals surface area contributed by atoms with Gasteiger partial charge >= 0.3 is 5.97 Å². The number of hydrogen-bond donors (Lipinski definition) is 1. The smallest absolute Gasteiger partial charge is 0.334 e. The van der Waals surface area contributed by atoms with Crippen LogP contribution < -0.4 is 5.32 Å². The number of rotatable bonds is 3. The van der Waals surface area contributed by atoms with Crippen LogP contribution in [0.4, 0.5) is 0 Å². The van der Waals surface area contributed by atoms with Crippen LogP contribution in [0, 0.1) is 0 Å². The van der Waals surface area contributed by atoms with Crippen molar-refractivity contribution < 1.29 is 14.3 Å². The zero-order valence-electron chi connectivity index (χ0n) is 10.2. The lowest BCUT2D eigenvalue weighted by atomic mass is 9.95. The first kappa shape index (κ1) is 12.4. The van der Waals surface area contributed by atoms with Crippen LogP contribution in [0.15, 0.2) is 41.5 Å². The molecular weight excluding hydrogens is 230 g/mol. The molecule has 0 aromatic heterocycles. The van der Waals surface area contributed by atoms with Crippen LogP contribution in [-0.4, -0.2) is 25.5 Å². The summed E-state index contributed by atoms with van der Waals surface area (Å²) < 4.78 is 4.73. The van der Waals surface area contributed by atoms with Crippen molar-refractivity contribution in [2.45, 2.75) is 12.8 Å². The van der Waals surface area contributed by atoms with E-state index in [9.17, 15) is 9.59 Å². The molecule has 4 nitrogen and oxygen atoms in total. The van der Waals surface area contributed by atoms with Crippen molar-refractivity contribution in [1.82, 2.24) is 5.32 Å². The fraction of sp³-hybridized carbons (Fsp3) is 0.286. The van der Waals surface area contributed by atoms with Gasteiger partial charge in [-0.1, -0.05) is 30.3 Å². The third-order valence-electron chi connectivity index (χ3n) is 2.95. The molecule has 1 amide bonds. The highest BCUT2D eigenvalue weighted by Gasteiger charge is 2.25. The summed E-state index contributed by atoms with van der Waals surface area (Å²) in [5, 5.41) is 2.76. The van der Waals surface area contributed by atoms with Gasteiger partial charge in [-0.3, -0.25) is 4.79 Å². The number of carbonyl (C=O) groups excluding carboxylic acids is 2. The number of hydrogen-bond acceptors (Lipinski definition) is 3. The van der Waals surface area contributed by atoms with E-state index in [1.165, 1.54) is 7.11 Å². The van der Waals surface area contributed by atoms with E-state index in [-0.39, 0.29) is 5.91 Å². The first-order valence-electron chi connectivity index (χ1n) is 5.85. The van der Waals surface area contributed by atoms with Gasteiger partial charge in [-0.2, -0.15) is 0 Å². The molecule has 0 spiro atoms. The van der Waals surface area contributed by atoms with Crippen LogP contribution in [-0.2, 0) is 20.7 Å². The quantitative estimate of drug-likeness (QED) is 0.815. The van der Waals surface area contributed by atoms with Gasteiger partial charge < -0.3 is 10.1 Å². The molecule has 2 rings (SSSR count). The summed E-state index contributed by atoms with van der Waals surface area (Å²) in [5.74, 6) is -0.582. The highest BCUT2D eigenvalue weighted by molar-refractivity contribution is 6.04. The van der Waals surface area contributed by atoms with Gasteiger partial charge in [0.1, 0.15) is 0 Å². The van der Waals surface area contributed by atoms with Crippen LogP contribution >= 0.6 is 0 Å². The Kier molecular flexibility index (Phi) is 3.77. The molecule has 0 radical (unpaired) electrons. The number of methoxy groups -OCH3 is 1. The fourth-order valence-electron chi connectivity index (χ4n) is 2.03. The average Bonchev–Trinajstić information content (AvgIpc) is 2.41. The van der Waals surface area contributed by atoms with Crippen LogP contribution in [0.25, 0.3) is 0 Å². The van der Waals surface area contributed by atoms with Gasteiger partial charge in [-0.15, -0.1) is 0 Å². The third-order valence-corrected chi connectivity index (χ3v) is 2.95. The molecule has 1 aromatic rings. The molecule has 1 aliphatic heterocycles. The van der Waals surface area contributed by atoms with Crippen molar-refractivity contribution in [3.63, 3.8) is 0 Å². The topological polar surface area (TPSA) is 55.4 Å². The highest BCUT2D eigenvalue weighted by Crippen LogP contribution is 2.19. The monoisotopic (exact) mass is 245 g/mol. The lowest BCUT2D eigenvalue weighted by Crippen LogP contribution is -2.34. The predicted octanol–water partition coefficient (Wildman–Crippen LogP) is 1.22. The molecule has 0 saturated heterocycles. The molecule has 0 aliphatic carbocycles. The van der Waals surface area contributed by atoms with Crippen molar-refractivity contribution >= 4 is 11.9 Å². The zero-order chi connectivity index (χ0) is 13.0. The van der Waals surface area contributed by atoms with Gasteiger partial charge in [0.15, 0.2) is 0 Å². The summed E-state index contributed by atoms with van der Waals surface area (Å²) in [6.45, 7) is 0.488. The second-order valence-electron chi connectivity index (χ2n) is 4.12. The van der Waals surface area contributed by atoms with E-state index in [4.69, 9.17) is 4.74 Å². The van der Waals surface area contributed by atoms with Gasteiger partial charge in [0, 0.05) is 24.1 Å². The number of amides is 1. The first-order chi connectivity index (χ1) is 8.72. The molecule has 18 heavy (non-hydrogen) atoms. The van der Waals surface area contributed by atoms with Gasteiger partial charge in [0.25, 0.3) is 0 Å². The molecule has 1 heterocycles. The summed E-state index contributed by atoms with van der Waals surface area (Å²) in [6, 6.07) is 9.61. The lowest BCUT2D eigenvalue weighted by Gasteiger charge is -2.19. The Morgan fingerprint density at radius 3 is 2.72 bits per heavy atom. The van der Waals surface area contributed by atoms with E-state index < -0.39 is 5.97 Å². The molecule has 0 unspecified atom stereocenters. The number of esters is 1. The normalized spacial score (nSPS) is 15.3. The summed E-state index contributed by atoms with van der Waals surface area (Å²) >= 11 is 0. The summed E-state index contributed by atoms with van der Waals surface area (Å²) in [5.41, 5.74) is 2.01. The van der Waals surface area contributed by atoms with Crippen LogP contribution in [0.3, 0.4) is 0 Å². The van der Waals surface area contributed by atoms with Crippen LogP contribution in [0.1, 0.15) is 12.0 Å². The van der Waals surface area contributed by atoms with Crippen molar-refractivity contribution in [2.75, 3.05) is 13.7 Å². The third kappa shape index (κ3) is 2.59. The van der Waals surface area contributed by atoms with Crippen molar-refractivity contribution in [3.05, 3.63) is 47.0 Å². The molecule has 0 atom stereocenters. The Morgan fingerprint density at radius 2 is 2.06 bits per heavy atom. The molecule has 1 aromatic carbocycles. The SMILES string of the molecule is COC(=O)C1=C(Cc2ccccc2)C(=O)NCC1. The fourth-order valence-corrected chi connectivity index (χ4v) is 2.03. The van der Waals surface area contributed by atoms with Crippen LogP contribution in [0.2, 0.25) is 0 Å². The minimum Gasteiger partial charge on any atom is -0.466 e. The number of nitrogens with one attached hydrogen (secondary N) is 1. The van der Waals surface area contributed by atoms with E-state index in [0.717, 1.165) is 5.56 Å². The second-order valence-corrected chi connectivity index (χ2v) is 4.12. The molecule has 4 heteroatoms. The van der Waals surface area contributed by atoms with E-state index >= 15 is 0 Å². The lowest BCUT2D eigenvalue weighted by molar-refractivity contribution is -0.137. The van der Waals surface area contributed by atoms with Crippen molar-refractivity contribution in [2.24, 2.45) is 0 Å². The Balaban J connectivity index is 2.32. The minimum absolute atomic E-state index is 0.175. The summed E-state index contributed by atoms with van der Waals surface area (Å²) in [6.07, 6.45) is 0.984. The first-order valence-corrected chi connectivity index (χ1v) is 5.85. The van der Waals surface area contributed by atoms with Crippen molar-refractivity contribution in [1.29, 1.82) is 0 Å². The van der Waals surface area contributed by atoms with E-state index in [1.54, 1.807) is 0 Å². The number of ether oxygens (including phenoxy) is 1. The molecule has 94 valence electrons. The molecule has 1 aliphatic rings. The Labute approximate surface area is 106 Å². The summed E-state index contributed by atoms with van der Waals surface area (Å²) in [4.78, 5) is 23.5. The van der Waals surface area contributed by atoms with Gasteiger partial charge in [0.2, 0.25) is 5.91 Å². The number of carbonyl (C=O) groups is 2. The van der Waals surface area contributed by atoms with Gasteiger partial charge in [-0.25, -0.2) is 4.79 Å². The molecular formula is C14H15NO3. The Bertz CT molecular complexity index is 491. The minimum atomic E-state index is -0.407. The maximum absolute atomic E-state index is 11.9. The number of benzene rings is 1. The Hall–Kier alpha value is -2.10. The Morgan fingerprint density at radius 1 is 1.33 bits per heavy atom. The largest absolute Gasteiger partial charge is 0.466 e. The zero-order valence-corrected chi connectivity index (χ0v) is 10.2.